The summed E-state index contributed by atoms with van der Waals surface area (Å²) in [7, 11) is -7.70. The first kappa shape index (κ1) is 19.0. The first-order valence-electron chi connectivity index (χ1n) is 6.63. The Balaban J connectivity index is 2.22. The first-order chi connectivity index (χ1) is 10.2. The molecule has 0 amide bonds. The molecule has 0 radical (unpaired) electrons. The van der Waals surface area contributed by atoms with E-state index < -0.39 is 63.3 Å². The monoisotopic (exact) mass is 376 g/mol. The third-order valence-electron chi connectivity index (χ3n) is 3.32. The van der Waals surface area contributed by atoms with Crippen LogP contribution in [-0.4, -0.2) is 77.6 Å². The highest BCUT2D eigenvalue weighted by Gasteiger charge is 2.62. The lowest BCUT2D eigenvalue weighted by molar-refractivity contribution is -0.249. The molecule has 2 rings (SSSR count). The zero-order valence-corrected chi connectivity index (χ0v) is 14.7. The molecule has 2 fully saturated rings. The molecule has 12 heteroatoms. The van der Waals surface area contributed by atoms with Crippen molar-refractivity contribution >= 4 is 20.2 Å². The van der Waals surface area contributed by atoms with E-state index in [1.54, 1.807) is 13.8 Å². The van der Waals surface area contributed by atoms with E-state index >= 15 is 0 Å². The number of ether oxygens (including phenoxy) is 3. The summed E-state index contributed by atoms with van der Waals surface area (Å²) in [5.41, 5.74) is -1.77. The van der Waals surface area contributed by atoms with E-state index in [2.05, 4.69) is 8.37 Å². The highest BCUT2D eigenvalue weighted by Crippen LogP contribution is 2.42. The molecule has 0 unspecified atom stereocenters. The lowest BCUT2D eigenvalue weighted by Gasteiger charge is -2.33. The molecule has 1 N–H and O–H groups in total. The maximum absolute atomic E-state index is 11.2. The molecular formula is C11H20O10S2. The Morgan fingerprint density at radius 1 is 0.957 bits per heavy atom. The van der Waals surface area contributed by atoms with Gasteiger partial charge in [-0.15, -0.1) is 0 Å². The van der Waals surface area contributed by atoms with Crippen molar-refractivity contribution in [3.8, 4) is 0 Å². The summed E-state index contributed by atoms with van der Waals surface area (Å²) in [5.74, 6) is -1.00. The molecule has 0 aromatic carbocycles. The lowest BCUT2D eigenvalue weighted by Crippen LogP contribution is -2.52. The SMILES string of the molecule is CC1(C)O[C@H]2OC(COS(C)(=O)=O)(COS(C)(=O)=O)[C@@H](O)[C@H]2O1. The van der Waals surface area contributed by atoms with Crippen molar-refractivity contribution in [3.63, 3.8) is 0 Å². The summed E-state index contributed by atoms with van der Waals surface area (Å²) < 4.78 is 70.6. The Morgan fingerprint density at radius 2 is 1.43 bits per heavy atom. The van der Waals surface area contributed by atoms with E-state index in [0.717, 1.165) is 12.5 Å². The number of rotatable bonds is 6. The average Bonchev–Trinajstić information content (AvgIpc) is 2.76. The normalized spacial score (nSPS) is 32.8. The summed E-state index contributed by atoms with van der Waals surface area (Å²) in [6.45, 7) is 1.93. The van der Waals surface area contributed by atoms with Crippen LogP contribution in [0, 0.1) is 0 Å². The molecule has 2 saturated heterocycles. The van der Waals surface area contributed by atoms with E-state index in [9.17, 15) is 21.9 Å². The van der Waals surface area contributed by atoms with Gasteiger partial charge in [0.25, 0.3) is 20.2 Å². The maximum Gasteiger partial charge on any atom is 0.264 e. The molecule has 0 aliphatic carbocycles. The van der Waals surface area contributed by atoms with Crippen LogP contribution in [0.1, 0.15) is 13.8 Å². The topological polar surface area (TPSA) is 135 Å². The van der Waals surface area contributed by atoms with Gasteiger partial charge in [-0.3, -0.25) is 8.37 Å². The highest BCUT2D eigenvalue weighted by atomic mass is 32.2. The second kappa shape index (κ2) is 5.88. The van der Waals surface area contributed by atoms with Gasteiger partial charge in [0.1, 0.15) is 31.0 Å². The maximum atomic E-state index is 11.2. The van der Waals surface area contributed by atoms with Crippen molar-refractivity contribution < 1.29 is 44.5 Å². The Hall–Kier alpha value is -0.340. The number of hydrogen-bond donors (Lipinski definition) is 1. The van der Waals surface area contributed by atoms with Gasteiger partial charge in [-0.25, -0.2) is 0 Å². The Labute approximate surface area is 134 Å². The molecule has 0 aromatic rings. The Bertz CT molecular complexity index is 616. The van der Waals surface area contributed by atoms with Crippen molar-refractivity contribution in [3.05, 3.63) is 0 Å². The van der Waals surface area contributed by atoms with Crippen LogP contribution in [0.25, 0.3) is 0 Å². The van der Waals surface area contributed by atoms with Crippen LogP contribution in [0.3, 0.4) is 0 Å². The predicted molar refractivity (Wildman–Crippen MR) is 75.2 cm³/mol. The standard InChI is InChI=1S/C11H20O10S2/c1-10(2)19-7-8(12)11(21-9(7)20-10,5-17-22(3,13)14)6-18-23(4,15)16/h7-9,12H,5-6H2,1-4H3/t7-,8+,9+/m1/s1. The zero-order chi connectivity index (χ0) is 17.7. The average molecular weight is 376 g/mol. The van der Waals surface area contributed by atoms with Gasteiger partial charge in [0.2, 0.25) is 0 Å². The summed E-state index contributed by atoms with van der Waals surface area (Å²) in [5, 5.41) is 10.5. The Kier molecular flexibility index (Phi) is 4.85. The Morgan fingerprint density at radius 3 is 1.83 bits per heavy atom. The van der Waals surface area contributed by atoms with Crippen LogP contribution in [0.4, 0.5) is 0 Å². The molecule has 136 valence electrons. The molecule has 0 bridgehead atoms. The number of aliphatic hydroxyl groups excluding tert-OH is 1. The van der Waals surface area contributed by atoms with Crippen molar-refractivity contribution in [2.45, 2.75) is 43.7 Å². The smallest absolute Gasteiger partial charge is 0.264 e. The van der Waals surface area contributed by atoms with Gasteiger partial charge >= 0.3 is 0 Å². The minimum absolute atomic E-state index is 0.650. The lowest BCUT2D eigenvalue weighted by atomic mass is 9.97. The molecule has 0 spiro atoms. The van der Waals surface area contributed by atoms with Gasteiger partial charge in [0.15, 0.2) is 12.1 Å². The van der Waals surface area contributed by atoms with Crippen molar-refractivity contribution in [2.24, 2.45) is 0 Å². The fraction of sp³-hybridized carbons (Fsp3) is 1.00. The van der Waals surface area contributed by atoms with Gasteiger partial charge in [0.05, 0.1) is 12.5 Å². The summed E-state index contributed by atoms with van der Waals surface area (Å²) >= 11 is 0. The third-order valence-corrected chi connectivity index (χ3v) is 4.42. The van der Waals surface area contributed by atoms with Gasteiger partial charge in [-0.1, -0.05) is 0 Å². The van der Waals surface area contributed by atoms with E-state index in [1.165, 1.54) is 0 Å². The van der Waals surface area contributed by atoms with Crippen LogP contribution in [0.15, 0.2) is 0 Å². The van der Waals surface area contributed by atoms with Crippen LogP contribution < -0.4 is 0 Å². The minimum atomic E-state index is -3.85. The summed E-state index contributed by atoms with van der Waals surface area (Å²) in [4.78, 5) is 0. The van der Waals surface area contributed by atoms with Gasteiger partial charge in [0, 0.05) is 0 Å². The molecule has 10 nitrogen and oxygen atoms in total. The van der Waals surface area contributed by atoms with E-state index in [4.69, 9.17) is 14.2 Å². The van der Waals surface area contributed by atoms with Gasteiger partial charge in [-0.05, 0) is 13.8 Å². The minimum Gasteiger partial charge on any atom is -0.387 e. The summed E-state index contributed by atoms with van der Waals surface area (Å²) in [6.07, 6.45) is -1.73. The second-order valence-corrected chi connectivity index (χ2v) is 9.32. The summed E-state index contributed by atoms with van der Waals surface area (Å²) in [6, 6.07) is 0. The largest absolute Gasteiger partial charge is 0.387 e. The van der Waals surface area contributed by atoms with E-state index in [1.807, 2.05) is 0 Å². The van der Waals surface area contributed by atoms with Crippen molar-refractivity contribution in [1.82, 2.24) is 0 Å². The van der Waals surface area contributed by atoms with Gasteiger partial charge < -0.3 is 19.3 Å². The van der Waals surface area contributed by atoms with Crippen LogP contribution in [-0.2, 0) is 42.8 Å². The molecule has 2 aliphatic heterocycles. The molecule has 0 saturated carbocycles. The second-order valence-electron chi connectivity index (χ2n) is 6.03. The zero-order valence-electron chi connectivity index (χ0n) is 13.1. The van der Waals surface area contributed by atoms with E-state index in [-0.39, 0.29) is 0 Å². The van der Waals surface area contributed by atoms with Crippen molar-refractivity contribution in [2.75, 3.05) is 25.7 Å². The fourth-order valence-corrected chi connectivity index (χ4v) is 3.18. The highest BCUT2D eigenvalue weighted by molar-refractivity contribution is 7.86. The molecule has 2 aliphatic rings. The predicted octanol–water partition coefficient (Wildman–Crippen LogP) is -1.45. The number of hydrogen-bond acceptors (Lipinski definition) is 10. The quantitative estimate of drug-likeness (QED) is 0.548. The molecular weight excluding hydrogens is 356 g/mol. The molecule has 3 atom stereocenters. The van der Waals surface area contributed by atoms with Gasteiger partial charge in [-0.2, -0.15) is 16.8 Å². The van der Waals surface area contributed by atoms with Crippen LogP contribution >= 0.6 is 0 Å². The van der Waals surface area contributed by atoms with E-state index in [0.29, 0.717) is 0 Å². The first-order valence-corrected chi connectivity index (χ1v) is 10.3. The third kappa shape index (κ3) is 4.60. The molecule has 23 heavy (non-hydrogen) atoms. The molecule has 0 aromatic heterocycles. The molecule has 2 heterocycles. The van der Waals surface area contributed by atoms with Crippen molar-refractivity contribution in [1.29, 1.82) is 0 Å². The van der Waals surface area contributed by atoms with Crippen LogP contribution in [0.2, 0.25) is 0 Å². The fourth-order valence-electron chi connectivity index (χ4n) is 2.36. The number of aliphatic hydroxyl groups is 1. The number of fused-ring (bicyclic) bond motifs is 1. The van der Waals surface area contributed by atoms with Crippen LogP contribution in [0.5, 0.6) is 0 Å².